The van der Waals surface area contributed by atoms with Crippen LogP contribution in [0.4, 0.5) is 4.79 Å². The van der Waals surface area contributed by atoms with Crippen LogP contribution in [0.3, 0.4) is 0 Å². The van der Waals surface area contributed by atoms with Gasteiger partial charge in [0.2, 0.25) is 0 Å². The minimum absolute atomic E-state index is 0.109. The highest BCUT2D eigenvalue weighted by Gasteiger charge is 2.50. The molecule has 2 aliphatic heterocycles. The molecule has 5 heterocycles. The number of aromatic nitrogens is 4. The molecule has 2 fully saturated rings. The summed E-state index contributed by atoms with van der Waals surface area (Å²) in [6, 6.07) is 13.9. The normalized spacial score (nSPS) is 22.3. The summed E-state index contributed by atoms with van der Waals surface area (Å²) in [4.78, 5) is 23.5. The largest absolute Gasteiger partial charge is 0.450 e. The number of ether oxygens (including phenoxy) is 1. The molecule has 0 radical (unpaired) electrons. The van der Waals surface area contributed by atoms with Gasteiger partial charge in [-0.15, -0.1) is 10.2 Å². The second kappa shape index (κ2) is 7.82. The van der Waals surface area contributed by atoms with Crippen LogP contribution in [0.25, 0.3) is 22.8 Å². The van der Waals surface area contributed by atoms with Crippen molar-refractivity contribution in [3.63, 3.8) is 0 Å². The molecule has 3 aromatic rings. The molecule has 7 nitrogen and oxygen atoms in total. The van der Waals surface area contributed by atoms with Gasteiger partial charge in [0.15, 0.2) is 0 Å². The number of hydrogen-bond donors (Lipinski definition) is 0. The Labute approximate surface area is 175 Å². The fourth-order valence-corrected chi connectivity index (χ4v) is 4.84. The van der Waals surface area contributed by atoms with Crippen LogP contribution >= 0.6 is 0 Å². The molecule has 2 bridgehead atoms. The molecule has 3 aromatic heterocycles. The van der Waals surface area contributed by atoms with E-state index in [1.54, 1.807) is 12.4 Å². The number of fused-ring (bicyclic) bond motifs is 2. The Kier molecular flexibility index (Phi) is 4.86. The topological polar surface area (TPSA) is 81.1 Å². The molecule has 7 heteroatoms. The lowest BCUT2D eigenvalue weighted by Gasteiger charge is -2.25. The van der Waals surface area contributed by atoms with Gasteiger partial charge >= 0.3 is 6.09 Å². The molecule has 0 aromatic carbocycles. The van der Waals surface area contributed by atoms with Crippen LogP contribution in [-0.2, 0) is 4.74 Å². The summed E-state index contributed by atoms with van der Waals surface area (Å²) >= 11 is 0. The fraction of sp³-hybridized carbons (Fsp3) is 0.348. The van der Waals surface area contributed by atoms with E-state index in [-0.39, 0.29) is 24.1 Å². The highest BCUT2D eigenvalue weighted by atomic mass is 16.6. The maximum absolute atomic E-state index is 12.6. The number of carbonyl (C=O) groups excluding carboxylic acids is 1. The first kappa shape index (κ1) is 18.7. The lowest BCUT2D eigenvalue weighted by atomic mass is 9.82. The lowest BCUT2D eigenvalue weighted by molar-refractivity contribution is 0.101. The quantitative estimate of drug-likeness (QED) is 0.655. The molecule has 0 aliphatic carbocycles. The van der Waals surface area contributed by atoms with Gasteiger partial charge in [-0.2, -0.15) is 0 Å². The summed E-state index contributed by atoms with van der Waals surface area (Å²) in [7, 11) is 0. The van der Waals surface area contributed by atoms with Crippen LogP contribution in [0, 0.1) is 0 Å². The molecule has 0 N–H and O–H groups in total. The van der Waals surface area contributed by atoms with Crippen LogP contribution in [0.15, 0.2) is 54.9 Å². The van der Waals surface area contributed by atoms with Gasteiger partial charge in [-0.3, -0.25) is 9.97 Å². The molecular weight excluding hydrogens is 378 g/mol. The molecule has 0 saturated carbocycles. The van der Waals surface area contributed by atoms with Crippen molar-refractivity contribution >= 4 is 6.09 Å². The zero-order valence-corrected chi connectivity index (χ0v) is 16.8. The number of nitrogens with zero attached hydrogens (tertiary/aromatic N) is 5. The number of carbonyl (C=O) groups is 1. The molecule has 1 amide bonds. The van der Waals surface area contributed by atoms with E-state index in [1.807, 2.05) is 48.2 Å². The monoisotopic (exact) mass is 401 g/mol. The van der Waals surface area contributed by atoms with Crippen molar-refractivity contribution in [3.05, 3.63) is 60.4 Å². The molecule has 3 atom stereocenters. The molecular formula is C23H23N5O2. The van der Waals surface area contributed by atoms with Gasteiger partial charge in [0.25, 0.3) is 0 Å². The van der Waals surface area contributed by atoms with Gasteiger partial charge in [-0.1, -0.05) is 12.1 Å². The Morgan fingerprint density at radius 3 is 2.50 bits per heavy atom. The minimum atomic E-state index is -0.209. The number of pyridine rings is 2. The average Bonchev–Trinajstić information content (AvgIpc) is 3.38. The summed E-state index contributed by atoms with van der Waals surface area (Å²) in [6.45, 7) is 2.23. The molecule has 152 valence electrons. The van der Waals surface area contributed by atoms with Gasteiger partial charge in [-0.25, -0.2) is 4.79 Å². The fourth-order valence-electron chi connectivity index (χ4n) is 4.84. The standard InChI is InChI=1S/C23H23N5O2/c1-2-30-23(29)28-15-9-10-21(28)16(13-15)17-14-20(18-7-3-5-11-24-18)26-27-22(17)19-8-4-6-12-25-19/h3-8,11-12,14-16,21H,2,9-10,13H2,1H3/t15-,16+,21+/m0/s1. The molecule has 30 heavy (non-hydrogen) atoms. The van der Waals surface area contributed by atoms with Crippen molar-refractivity contribution in [1.29, 1.82) is 0 Å². The minimum Gasteiger partial charge on any atom is -0.450 e. The predicted molar refractivity (Wildman–Crippen MR) is 112 cm³/mol. The summed E-state index contributed by atoms with van der Waals surface area (Å²) in [5.74, 6) is 0.170. The van der Waals surface area contributed by atoms with Crippen molar-refractivity contribution in [2.45, 2.75) is 44.2 Å². The van der Waals surface area contributed by atoms with E-state index in [0.29, 0.717) is 6.61 Å². The predicted octanol–water partition coefficient (Wildman–Crippen LogP) is 4.08. The Morgan fingerprint density at radius 2 is 1.80 bits per heavy atom. The summed E-state index contributed by atoms with van der Waals surface area (Å²) in [6.07, 6.45) is 6.19. The Balaban J connectivity index is 1.58. The zero-order chi connectivity index (χ0) is 20.5. The van der Waals surface area contributed by atoms with Crippen LogP contribution in [0.5, 0.6) is 0 Å². The van der Waals surface area contributed by atoms with E-state index < -0.39 is 0 Å². The third kappa shape index (κ3) is 3.20. The highest BCUT2D eigenvalue weighted by Crippen LogP contribution is 2.49. The molecule has 2 aliphatic rings. The van der Waals surface area contributed by atoms with Gasteiger partial charge in [0.1, 0.15) is 11.4 Å². The number of hydrogen-bond acceptors (Lipinski definition) is 6. The smallest absolute Gasteiger partial charge is 0.410 e. The maximum atomic E-state index is 12.6. The van der Waals surface area contributed by atoms with Crippen molar-refractivity contribution in [2.75, 3.05) is 6.61 Å². The van der Waals surface area contributed by atoms with Gasteiger partial charge < -0.3 is 9.64 Å². The maximum Gasteiger partial charge on any atom is 0.410 e. The zero-order valence-electron chi connectivity index (χ0n) is 16.8. The molecule has 0 spiro atoms. The van der Waals surface area contributed by atoms with E-state index in [2.05, 4.69) is 26.2 Å². The Morgan fingerprint density at radius 1 is 1.03 bits per heavy atom. The average molecular weight is 401 g/mol. The van der Waals surface area contributed by atoms with Crippen molar-refractivity contribution in [1.82, 2.24) is 25.1 Å². The summed E-state index contributed by atoms with van der Waals surface area (Å²) in [5, 5.41) is 9.02. The Hall–Kier alpha value is -3.35. The summed E-state index contributed by atoms with van der Waals surface area (Å²) < 4.78 is 5.34. The lowest BCUT2D eigenvalue weighted by Crippen LogP contribution is -2.36. The van der Waals surface area contributed by atoms with E-state index in [4.69, 9.17) is 4.74 Å². The van der Waals surface area contributed by atoms with Crippen LogP contribution in [-0.4, -0.2) is 49.8 Å². The van der Waals surface area contributed by atoms with Crippen molar-refractivity contribution in [2.24, 2.45) is 0 Å². The molecule has 2 saturated heterocycles. The SMILES string of the molecule is CCOC(=O)N1[C@H]2CC[C@@H]1[C@@H](c1cc(-c3ccccn3)nnc1-c1ccccn1)C2. The van der Waals surface area contributed by atoms with Crippen molar-refractivity contribution in [3.8, 4) is 22.8 Å². The van der Waals surface area contributed by atoms with Crippen molar-refractivity contribution < 1.29 is 9.53 Å². The highest BCUT2D eigenvalue weighted by molar-refractivity contribution is 5.71. The van der Waals surface area contributed by atoms with Gasteiger partial charge in [-0.05, 0) is 62.1 Å². The first-order valence-electron chi connectivity index (χ1n) is 10.4. The Bertz CT molecular complexity index is 1040. The van der Waals surface area contributed by atoms with Crippen LogP contribution < -0.4 is 0 Å². The molecule has 0 unspecified atom stereocenters. The number of amides is 1. The van der Waals surface area contributed by atoms with Crippen LogP contribution in [0.1, 0.15) is 37.7 Å². The van der Waals surface area contributed by atoms with Gasteiger partial charge in [0.05, 0.1) is 18.0 Å². The van der Waals surface area contributed by atoms with E-state index in [1.165, 1.54) is 0 Å². The first-order chi connectivity index (χ1) is 14.8. The summed E-state index contributed by atoms with van der Waals surface area (Å²) in [5.41, 5.74) is 4.15. The van der Waals surface area contributed by atoms with E-state index in [9.17, 15) is 4.79 Å². The third-order valence-corrected chi connectivity index (χ3v) is 6.07. The molecule has 5 rings (SSSR count). The first-order valence-corrected chi connectivity index (χ1v) is 10.4. The second-order valence-electron chi connectivity index (χ2n) is 7.71. The third-order valence-electron chi connectivity index (χ3n) is 6.07. The number of rotatable bonds is 4. The van der Waals surface area contributed by atoms with Gasteiger partial charge in [0, 0.05) is 30.4 Å². The van der Waals surface area contributed by atoms with Crippen LogP contribution in [0.2, 0.25) is 0 Å². The second-order valence-corrected chi connectivity index (χ2v) is 7.71. The van der Waals surface area contributed by atoms with E-state index >= 15 is 0 Å². The van der Waals surface area contributed by atoms with E-state index in [0.717, 1.165) is 47.6 Å².